The molecule has 0 unspecified atom stereocenters. The van der Waals surface area contributed by atoms with Crippen molar-refractivity contribution in [2.45, 2.75) is 65.7 Å². The number of hydrogen-bond acceptors (Lipinski definition) is 3. The standard InChI is InChI=1S/C22H39N5/c1-18(2)27(19(3)4)15-12-24-22(23-5)25-16-20-8-10-21(11-9-20)17-26-13-6-7-14-26/h8-11,18-19H,6-7,12-17H2,1-5H3,(H2,23,24,25). The normalized spacial score (nSPS) is 15.9. The van der Waals surface area contributed by atoms with Gasteiger partial charge in [-0.2, -0.15) is 0 Å². The summed E-state index contributed by atoms with van der Waals surface area (Å²) in [5.74, 6) is 0.864. The Morgan fingerprint density at radius 1 is 1.00 bits per heavy atom. The van der Waals surface area contributed by atoms with Crippen molar-refractivity contribution < 1.29 is 0 Å². The van der Waals surface area contributed by atoms with Crippen molar-refractivity contribution in [3.8, 4) is 0 Å². The molecule has 27 heavy (non-hydrogen) atoms. The van der Waals surface area contributed by atoms with Gasteiger partial charge in [0.1, 0.15) is 0 Å². The summed E-state index contributed by atoms with van der Waals surface area (Å²) in [5, 5.41) is 6.85. The van der Waals surface area contributed by atoms with Gasteiger partial charge in [-0.3, -0.25) is 14.8 Å². The molecule has 0 spiro atoms. The fourth-order valence-corrected chi connectivity index (χ4v) is 3.78. The first-order chi connectivity index (χ1) is 13.0. The van der Waals surface area contributed by atoms with E-state index in [1.54, 1.807) is 0 Å². The van der Waals surface area contributed by atoms with Crippen LogP contribution in [0, 0.1) is 0 Å². The second-order valence-corrected chi connectivity index (χ2v) is 8.08. The first-order valence-corrected chi connectivity index (χ1v) is 10.5. The molecule has 0 bridgehead atoms. The topological polar surface area (TPSA) is 42.9 Å². The fourth-order valence-electron chi connectivity index (χ4n) is 3.78. The molecule has 152 valence electrons. The molecule has 0 atom stereocenters. The molecule has 0 radical (unpaired) electrons. The van der Waals surface area contributed by atoms with Crippen LogP contribution in [0.25, 0.3) is 0 Å². The highest BCUT2D eigenvalue weighted by Gasteiger charge is 2.13. The lowest BCUT2D eigenvalue weighted by atomic mass is 10.1. The third-order valence-electron chi connectivity index (χ3n) is 5.30. The summed E-state index contributed by atoms with van der Waals surface area (Å²) in [4.78, 5) is 9.37. The summed E-state index contributed by atoms with van der Waals surface area (Å²) in [5.41, 5.74) is 2.69. The van der Waals surface area contributed by atoms with Gasteiger partial charge in [-0.05, 0) is 64.8 Å². The molecular formula is C22H39N5. The van der Waals surface area contributed by atoms with Gasteiger partial charge in [0.25, 0.3) is 0 Å². The van der Waals surface area contributed by atoms with Crippen LogP contribution in [0.15, 0.2) is 29.3 Å². The lowest BCUT2D eigenvalue weighted by Gasteiger charge is -2.30. The lowest BCUT2D eigenvalue weighted by Crippen LogP contribution is -2.45. The van der Waals surface area contributed by atoms with E-state index in [9.17, 15) is 0 Å². The minimum atomic E-state index is 0.556. The number of likely N-dealkylation sites (tertiary alicyclic amines) is 1. The van der Waals surface area contributed by atoms with Crippen LogP contribution in [0.2, 0.25) is 0 Å². The second kappa shape index (κ2) is 11.3. The maximum absolute atomic E-state index is 4.34. The third kappa shape index (κ3) is 7.51. The quantitative estimate of drug-likeness (QED) is 0.516. The van der Waals surface area contributed by atoms with Gasteiger partial charge < -0.3 is 10.6 Å². The number of aliphatic imine (C=N–C) groups is 1. The molecular weight excluding hydrogens is 334 g/mol. The second-order valence-electron chi connectivity index (χ2n) is 8.08. The van der Waals surface area contributed by atoms with Gasteiger partial charge in [0.2, 0.25) is 0 Å². The highest BCUT2D eigenvalue weighted by Crippen LogP contribution is 2.13. The van der Waals surface area contributed by atoms with E-state index in [4.69, 9.17) is 0 Å². The number of nitrogens with zero attached hydrogens (tertiary/aromatic N) is 3. The van der Waals surface area contributed by atoms with Crippen molar-refractivity contribution in [3.63, 3.8) is 0 Å². The zero-order valence-corrected chi connectivity index (χ0v) is 18.0. The van der Waals surface area contributed by atoms with E-state index >= 15 is 0 Å². The van der Waals surface area contributed by atoms with Gasteiger partial charge in [0, 0.05) is 45.3 Å². The van der Waals surface area contributed by atoms with Crippen LogP contribution in [0.5, 0.6) is 0 Å². The van der Waals surface area contributed by atoms with Crippen LogP contribution >= 0.6 is 0 Å². The van der Waals surface area contributed by atoms with E-state index in [1.165, 1.54) is 37.1 Å². The summed E-state index contributed by atoms with van der Waals surface area (Å²) < 4.78 is 0. The molecule has 1 fully saturated rings. The molecule has 1 aliphatic rings. The Kier molecular flexibility index (Phi) is 9.08. The average molecular weight is 374 g/mol. The van der Waals surface area contributed by atoms with Gasteiger partial charge in [-0.15, -0.1) is 0 Å². The number of nitrogens with one attached hydrogen (secondary N) is 2. The summed E-state index contributed by atoms with van der Waals surface area (Å²) in [6.45, 7) is 15.3. The van der Waals surface area contributed by atoms with Gasteiger partial charge in [0.05, 0.1) is 0 Å². The number of hydrogen-bond donors (Lipinski definition) is 2. The molecule has 5 nitrogen and oxygen atoms in total. The number of rotatable bonds is 9. The van der Waals surface area contributed by atoms with Crippen molar-refractivity contribution in [1.29, 1.82) is 0 Å². The molecule has 1 heterocycles. The van der Waals surface area contributed by atoms with Gasteiger partial charge in [-0.1, -0.05) is 24.3 Å². The van der Waals surface area contributed by atoms with E-state index in [1.807, 2.05) is 7.05 Å². The third-order valence-corrected chi connectivity index (χ3v) is 5.30. The van der Waals surface area contributed by atoms with E-state index in [0.717, 1.165) is 32.1 Å². The summed E-state index contributed by atoms with van der Waals surface area (Å²) >= 11 is 0. The Morgan fingerprint density at radius 3 is 2.15 bits per heavy atom. The molecule has 0 amide bonds. The molecule has 0 saturated carbocycles. The zero-order valence-electron chi connectivity index (χ0n) is 18.0. The van der Waals surface area contributed by atoms with E-state index in [-0.39, 0.29) is 0 Å². The fraction of sp³-hybridized carbons (Fsp3) is 0.682. The SMILES string of the molecule is CN=C(NCCN(C(C)C)C(C)C)NCc1ccc(CN2CCCC2)cc1. The zero-order chi connectivity index (χ0) is 19.6. The van der Waals surface area contributed by atoms with Gasteiger partial charge in [0.15, 0.2) is 5.96 Å². The lowest BCUT2D eigenvalue weighted by molar-refractivity contribution is 0.178. The Bertz CT molecular complexity index is 551. The Labute approximate surface area is 166 Å². The molecule has 5 heteroatoms. The van der Waals surface area contributed by atoms with Crippen molar-refractivity contribution >= 4 is 5.96 Å². The van der Waals surface area contributed by atoms with E-state index in [2.05, 4.69) is 77.4 Å². The summed E-state index contributed by atoms with van der Waals surface area (Å²) in [6, 6.07) is 10.1. The van der Waals surface area contributed by atoms with Crippen molar-refractivity contribution in [2.75, 3.05) is 33.2 Å². The monoisotopic (exact) mass is 373 g/mol. The maximum atomic E-state index is 4.34. The first kappa shape index (κ1) is 21.7. The summed E-state index contributed by atoms with van der Waals surface area (Å²) in [7, 11) is 1.83. The van der Waals surface area contributed by atoms with Crippen molar-refractivity contribution in [3.05, 3.63) is 35.4 Å². The molecule has 0 aromatic heterocycles. The number of benzene rings is 1. The Morgan fingerprint density at radius 2 is 1.59 bits per heavy atom. The molecule has 1 aromatic rings. The van der Waals surface area contributed by atoms with Crippen LogP contribution in [-0.2, 0) is 13.1 Å². The Hall–Kier alpha value is -1.59. The van der Waals surface area contributed by atoms with Crippen molar-refractivity contribution in [2.24, 2.45) is 4.99 Å². The van der Waals surface area contributed by atoms with E-state index < -0.39 is 0 Å². The molecule has 1 saturated heterocycles. The van der Waals surface area contributed by atoms with Gasteiger partial charge >= 0.3 is 0 Å². The largest absolute Gasteiger partial charge is 0.355 e. The first-order valence-electron chi connectivity index (χ1n) is 10.5. The highest BCUT2D eigenvalue weighted by molar-refractivity contribution is 5.79. The Balaban J connectivity index is 1.73. The van der Waals surface area contributed by atoms with E-state index in [0.29, 0.717) is 12.1 Å². The predicted molar refractivity (Wildman–Crippen MR) is 116 cm³/mol. The molecule has 2 N–H and O–H groups in total. The van der Waals surface area contributed by atoms with Crippen LogP contribution in [-0.4, -0.2) is 61.1 Å². The minimum absolute atomic E-state index is 0.556. The molecule has 1 aliphatic heterocycles. The van der Waals surface area contributed by atoms with Gasteiger partial charge in [-0.25, -0.2) is 0 Å². The number of guanidine groups is 1. The van der Waals surface area contributed by atoms with Crippen LogP contribution < -0.4 is 10.6 Å². The van der Waals surface area contributed by atoms with Crippen molar-refractivity contribution in [1.82, 2.24) is 20.4 Å². The maximum Gasteiger partial charge on any atom is 0.191 e. The molecule has 0 aliphatic carbocycles. The highest BCUT2D eigenvalue weighted by atomic mass is 15.2. The predicted octanol–water partition coefficient (Wildman–Crippen LogP) is 3.07. The van der Waals surface area contributed by atoms with Crippen LogP contribution in [0.3, 0.4) is 0 Å². The molecule has 1 aromatic carbocycles. The summed E-state index contributed by atoms with van der Waals surface area (Å²) in [6.07, 6.45) is 2.69. The minimum Gasteiger partial charge on any atom is -0.355 e. The average Bonchev–Trinajstić information content (AvgIpc) is 3.14. The van der Waals surface area contributed by atoms with Crippen LogP contribution in [0.4, 0.5) is 0 Å². The smallest absolute Gasteiger partial charge is 0.191 e. The van der Waals surface area contributed by atoms with Crippen LogP contribution in [0.1, 0.15) is 51.7 Å². The molecule has 2 rings (SSSR count).